The zero-order valence-corrected chi connectivity index (χ0v) is 10.0. The Hall–Kier alpha value is -1.08. The highest BCUT2D eigenvalue weighted by Crippen LogP contribution is 2.36. The van der Waals surface area contributed by atoms with Gasteiger partial charge in [-0.3, -0.25) is 4.79 Å². The molecule has 1 fully saturated rings. The standard InChI is InChI=1S/C12H21N3O/c1-12(5-2-3-6-12)10-14-9-11(16)15-8-4-7-13/h14H,2-6,8-10H2,1H3,(H,15,16). The number of rotatable bonds is 6. The van der Waals surface area contributed by atoms with Gasteiger partial charge in [-0.15, -0.1) is 0 Å². The molecule has 0 aliphatic heterocycles. The average Bonchev–Trinajstić information content (AvgIpc) is 2.66. The van der Waals surface area contributed by atoms with Crippen molar-refractivity contribution in [2.24, 2.45) is 5.41 Å². The van der Waals surface area contributed by atoms with Gasteiger partial charge in [0.2, 0.25) is 5.91 Å². The molecule has 0 heterocycles. The molecule has 1 saturated carbocycles. The Bertz CT molecular complexity index is 264. The van der Waals surface area contributed by atoms with Crippen LogP contribution in [0.3, 0.4) is 0 Å². The number of hydrogen-bond acceptors (Lipinski definition) is 3. The van der Waals surface area contributed by atoms with E-state index in [1.807, 2.05) is 6.07 Å². The molecule has 0 aromatic heterocycles. The Labute approximate surface area is 97.4 Å². The van der Waals surface area contributed by atoms with E-state index in [0.29, 0.717) is 24.9 Å². The molecule has 0 radical (unpaired) electrons. The number of carbonyl (C=O) groups is 1. The van der Waals surface area contributed by atoms with E-state index >= 15 is 0 Å². The summed E-state index contributed by atoms with van der Waals surface area (Å²) >= 11 is 0. The van der Waals surface area contributed by atoms with E-state index in [0.717, 1.165) is 6.54 Å². The first kappa shape index (κ1) is 13.0. The third-order valence-corrected chi connectivity index (χ3v) is 3.21. The van der Waals surface area contributed by atoms with E-state index in [9.17, 15) is 4.79 Å². The van der Waals surface area contributed by atoms with Crippen LogP contribution in [-0.2, 0) is 4.79 Å². The lowest BCUT2D eigenvalue weighted by Crippen LogP contribution is -2.38. The van der Waals surface area contributed by atoms with Crippen molar-refractivity contribution < 1.29 is 4.79 Å². The van der Waals surface area contributed by atoms with Crippen LogP contribution in [-0.4, -0.2) is 25.5 Å². The van der Waals surface area contributed by atoms with Crippen molar-refractivity contribution in [3.05, 3.63) is 0 Å². The highest BCUT2D eigenvalue weighted by atomic mass is 16.1. The largest absolute Gasteiger partial charge is 0.354 e. The molecular weight excluding hydrogens is 202 g/mol. The van der Waals surface area contributed by atoms with Crippen LogP contribution in [0.5, 0.6) is 0 Å². The van der Waals surface area contributed by atoms with Crippen LogP contribution in [0.25, 0.3) is 0 Å². The van der Waals surface area contributed by atoms with Gasteiger partial charge in [0.25, 0.3) is 0 Å². The summed E-state index contributed by atoms with van der Waals surface area (Å²) in [6, 6.07) is 1.99. The highest BCUT2D eigenvalue weighted by Gasteiger charge is 2.27. The van der Waals surface area contributed by atoms with Gasteiger partial charge in [0.05, 0.1) is 19.0 Å². The Morgan fingerprint density at radius 2 is 2.12 bits per heavy atom. The molecule has 1 aliphatic carbocycles. The number of amides is 1. The quantitative estimate of drug-likeness (QED) is 0.665. The molecule has 0 bridgehead atoms. The topological polar surface area (TPSA) is 64.9 Å². The Morgan fingerprint density at radius 1 is 1.44 bits per heavy atom. The summed E-state index contributed by atoms with van der Waals surface area (Å²) in [6.45, 7) is 4.01. The van der Waals surface area contributed by atoms with Gasteiger partial charge in [0.15, 0.2) is 0 Å². The minimum atomic E-state index is -0.0168. The van der Waals surface area contributed by atoms with E-state index < -0.39 is 0 Å². The van der Waals surface area contributed by atoms with Crippen LogP contribution in [0.2, 0.25) is 0 Å². The summed E-state index contributed by atoms with van der Waals surface area (Å²) in [6.07, 6.45) is 5.52. The van der Waals surface area contributed by atoms with Gasteiger partial charge >= 0.3 is 0 Å². The van der Waals surface area contributed by atoms with Gasteiger partial charge in [0.1, 0.15) is 0 Å². The zero-order valence-electron chi connectivity index (χ0n) is 10.0. The molecule has 4 heteroatoms. The third kappa shape index (κ3) is 4.63. The molecule has 1 aliphatic rings. The molecule has 16 heavy (non-hydrogen) atoms. The fraction of sp³-hybridized carbons (Fsp3) is 0.833. The van der Waals surface area contributed by atoms with Gasteiger partial charge in [-0.2, -0.15) is 5.26 Å². The molecule has 90 valence electrons. The van der Waals surface area contributed by atoms with Crippen molar-refractivity contribution in [3.8, 4) is 6.07 Å². The van der Waals surface area contributed by atoms with E-state index in [2.05, 4.69) is 17.6 Å². The van der Waals surface area contributed by atoms with Crippen LogP contribution in [0, 0.1) is 16.7 Å². The van der Waals surface area contributed by atoms with Gasteiger partial charge in [0, 0.05) is 13.1 Å². The number of nitrogens with zero attached hydrogens (tertiary/aromatic N) is 1. The van der Waals surface area contributed by atoms with Crippen molar-refractivity contribution in [3.63, 3.8) is 0 Å². The third-order valence-electron chi connectivity index (χ3n) is 3.21. The monoisotopic (exact) mass is 223 g/mol. The summed E-state index contributed by atoms with van der Waals surface area (Å²) in [5, 5.41) is 14.2. The maximum absolute atomic E-state index is 11.3. The van der Waals surface area contributed by atoms with E-state index in [-0.39, 0.29) is 5.91 Å². The zero-order chi connectivity index (χ0) is 11.9. The Balaban J connectivity index is 2.06. The van der Waals surface area contributed by atoms with E-state index in [1.54, 1.807) is 0 Å². The summed E-state index contributed by atoms with van der Waals surface area (Å²) in [4.78, 5) is 11.3. The number of hydrogen-bond donors (Lipinski definition) is 2. The molecule has 0 unspecified atom stereocenters. The first-order chi connectivity index (χ1) is 7.66. The van der Waals surface area contributed by atoms with E-state index in [4.69, 9.17) is 5.26 Å². The van der Waals surface area contributed by atoms with Crippen molar-refractivity contribution in [1.29, 1.82) is 5.26 Å². The smallest absolute Gasteiger partial charge is 0.233 e. The van der Waals surface area contributed by atoms with Crippen molar-refractivity contribution in [2.45, 2.75) is 39.0 Å². The van der Waals surface area contributed by atoms with Crippen LogP contribution in [0.1, 0.15) is 39.0 Å². The number of nitriles is 1. The molecule has 0 saturated heterocycles. The maximum atomic E-state index is 11.3. The molecule has 2 N–H and O–H groups in total. The number of nitrogens with one attached hydrogen (secondary N) is 2. The van der Waals surface area contributed by atoms with Crippen LogP contribution in [0.4, 0.5) is 0 Å². The molecule has 0 spiro atoms. The SMILES string of the molecule is CC1(CNCC(=O)NCCC#N)CCCC1. The fourth-order valence-corrected chi connectivity index (χ4v) is 2.20. The predicted molar refractivity (Wildman–Crippen MR) is 62.7 cm³/mol. The second-order valence-corrected chi connectivity index (χ2v) is 4.88. The lowest BCUT2D eigenvalue weighted by Gasteiger charge is -2.23. The van der Waals surface area contributed by atoms with Crippen LogP contribution >= 0.6 is 0 Å². The Morgan fingerprint density at radius 3 is 2.75 bits per heavy atom. The minimum Gasteiger partial charge on any atom is -0.354 e. The van der Waals surface area contributed by atoms with Gasteiger partial charge < -0.3 is 10.6 Å². The molecule has 4 nitrogen and oxygen atoms in total. The van der Waals surface area contributed by atoms with Crippen molar-refractivity contribution in [1.82, 2.24) is 10.6 Å². The van der Waals surface area contributed by atoms with E-state index in [1.165, 1.54) is 25.7 Å². The van der Waals surface area contributed by atoms with Crippen LogP contribution in [0.15, 0.2) is 0 Å². The summed E-state index contributed by atoms with van der Waals surface area (Å²) < 4.78 is 0. The molecular formula is C12H21N3O. The molecule has 0 aromatic rings. The average molecular weight is 223 g/mol. The maximum Gasteiger partial charge on any atom is 0.233 e. The molecule has 0 atom stereocenters. The normalized spacial score (nSPS) is 18.0. The minimum absolute atomic E-state index is 0.0168. The Kier molecular flexibility index (Phi) is 5.27. The second kappa shape index (κ2) is 6.49. The lowest BCUT2D eigenvalue weighted by atomic mass is 9.89. The predicted octanol–water partition coefficient (Wildman–Crippen LogP) is 1.19. The first-order valence-corrected chi connectivity index (χ1v) is 6.01. The van der Waals surface area contributed by atoms with Crippen molar-refractivity contribution >= 4 is 5.91 Å². The highest BCUT2D eigenvalue weighted by molar-refractivity contribution is 5.77. The molecule has 1 amide bonds. The lowest BCUT2D eigenvalue weighted by molar-refractivity contribution is -0.120. The second-order valence-electron chi connectivity index (χ2n) is 4.88. The summed E-state index contributed by atoms with van der Waals surface area (Å²) in [7, 11) is 0. The fourth-order valence-electron chi connectivity index (χ4n) is 2.20. The molecule has 0 aromatic carbocycles. The van der Waals surface area contributed by atoms with Gasteiger partial charge in [-0.05, 0) is 18.3 Å². The molecule has 1 rings (SSSR count). The summed E-state index contributed by atoms with van der Waals surface area (Å²) in [5.74, 6) is -0.0168. The number of carbonyl (C=O) groups excluding carboxylic acids is 1. The van der Waals surface area contributed by atoms with Gasteiger partial charge in [-0.1, -0.05) is 19.8 Å². The van der Waals surface area contributed by atoms with Gasteiger partial charge in [-0.25, -0.2) is 0 Å². The first-order valence-electron chi connectivity index (χ1n) is 6.01. The van der Waals surface area contributed by atoms with Crippen molar-refractivity contribution in [2.75, 3.05) is 19.6 Å². The summed E-state index contributed by atoms with van der Waals surface area (Å²) in [5.41, 5.74) is 0.382. The van der Waals surface area contributed by atoms with Crippen LogP contribution < -0.4 is 10.6 Å².